The number of likely N-dealkylation sites (tertiary alicyclic amines) is 1. The molecule has 2 aliphatic rings. The quantitative estimate of drug-likeness (QED) is 0.417. The molecular formula is C29H37N7O. The smallest absolute Gasteiger partial charge is 0.160 e. The van der Waals surface area contributed by atoms with Gasteiger partial charge in [-0.25, -0.2) is 0 Å². The Morgan fingerprint density at radius 1 is 1.08 bits per heavy atom. The highest BCUT2D eigenvalue weighted by Crippen LogP contribution is 2.35. The molecule has 8 nitrogen and oxygen atoms in total. The van der Waals surface area contributed by atoms with Gasteiger partial charge in [0.25, 0.3) is 0 Å². The van der Waals surface area contributed by atoms with E-state index in [0.29, 0.717) is 12.0 Å². The van der Waals surface area contributed by atoms with Crippen LogP contribution in [0, 0.1) is 6.92 Å². The molecule has 1 N–H and O–H groups in total. The third kappa shape index (κ3) is 4.81. The molecule has 0 amide bonds. The molecule has 2 saturated heterocycles. The first-order valence-electron chi connectivity index (χ1n) is 13.4. The largest absolute Gasteiger partial charge is 0.381 e. The van der Waals surface area contributed by atoms with Crippen molar-refractivity contribution in [2.24, 2.45) is 0 Å². The minimum absolute atomic E-state index is 0.463. The van der Waals surface area contributed by atoms with Gasteiger partial charge in [-0.15, -0.1) is 10.2 Å². The van der Waals surface area contributed by atoms with Gasteiger partial charge in [-0.3, -0.25) is 4.68 Å². The number of hydrogen-bond donors (Lipinski definition) is 1. The number of hydrogen-bond acceptors (Lipinski definition) is 6. The second-order valence-corrected chi connectivity index (χ2v) is 11.1. The molecule has 0 spiro atoms. The highest BCUT2D eigenvalue weighted by molar-refractivity contribution is 5.96. The summed E-state index contributed by atoms with van der Waals surface area (Å²) in [5.41, 5.74) is 8.93. The van der Waals surface area contributed by atoms with Gasteiger partial charge in [0, 0.05) is 53.0 Å². The molecule has 1 unspecified atom stereocenters. The van der Waals surface area contributed by atoms with Crippen molar-refractivity contribution in [3.63, 3.8) is 0 Å². The van der Waals surface area contributed by atoms with Crippen LogP contribution in [0.15, 0.2) is 36.7 Å². The van der Waals surface area contributed by atoms with Gasteiger partial charge in [-0.1, -0.05) is 12.1 Å². The molecular weight excluding hydrogens is 462 g/mol. The molecule has 3 aromatic heterocycles. The molecule has 6 rings (SSSR count). The Labute approximate surface area is 218 Å². The second-order valence-electron chi connectivity index (χ2n) is 11.1. The minimum Gasteiger partial charge on any atom is -0.381 e. The zero-order valence-electron chi connectivity index (χ0n) is 22.4. The number of aryl methyl sites for hydroxylation is 1. The summed E-state index contributed by atoms with van der Waals surface area (Å²) >= 11 is 0. The van der Waals surface area contributed by atoms with Gasteiger partial charge in [0.15, 0.2) is 5.65 Å². The summed E-state index contributed by atoms with van der Waals surface area (Å²) in [6, 6.07) is 9.40. The summed E-state index contributed by atoms with van der Waals surface area (Å²) in [5.74, 6) is 0.470. The summed E-state index contributed by atoms with van der Waals surface area (Å²) in [7, 11) is 6.43. The Morgan fingerprint density at radius 2 is 1.92 bits per heavy atom. The second kappa shape index (κ2) is 10.0. The first kappa shape index (κ1) is 24.3. The van der Waals surface area contributed by atoms with Gasteiger partial charge in [0.05, 0.1) is 24.5 Å². The Hall–Kier alpha value is -3.07. The van der Waals surface area contributed by atoms with Gasteiger partial charge in [-0.2, -0.15) is 5.10 Å². The molecule has 194 valence electrons. The van der Waals surface area contributed by atoms with Crippen LogP contribution in [-0.4, -0.2) is 82.2 Å². The van der Waals surface area contributed by atoms with Crippen LogP contribution < -0.4 is 0 Å². The van der Waals surface area contributed by atoms with E-state index in [-0.39, 0.29) is 0 Å². The third-order valence-electron chi connectivity index (χ3n) is 7.99. The van der Waals surface area contributed by atoms with Crippen molar-refractivity contribution in [2.45, 2.75) is 44.7 Å². The van der Waals surface area contributed by atoms with Crippen molar-refractivity contribution >= 4 is 11.0 Å². The Kier molecular flexibility index (Phi) is 6.56. The van der Waals surface area contributed by atoms with Gasteiger partial charge in [0.1, 0.15) is 0 Å². The zero-order chi connectivity index (χ0) is 25.5. The number of H-pyrrole nitrogens is 1. The monoisotopic (exact) mass is 499 g/mol. The fourth-order valence-corrected chi connectivity index (χ4v) is 5.98. The number of nitrogens with one attached hydrogen (secondary N) is 1. The topological polar surface area (TPSA) is 75.1 Å². The number of piperidine rings is 1. The fraction of sp³-hybridized carbons (Fsp3) is 0.483. The molecule has 0 radical (unpaired) electrons. The number of fused-ring (bicyclic) bond motifs is 1. The maximum absolute atomic E-state index is 5.69. The summed E-state index contributed by atoms with van der Waals surface area (Å²) in [5, 5.41) is 15.1. The van der Waals surface area contributed by atoms with E-state index in [1.807, 2.05) is 6.20 Å². The average Bonchev–Trinajstić information content (AvgIpc) is 3.63. The van der Waals surface area contributed by atoms with E-state index in [1.165, 1.54) is 16.7 Å². The Balaban J connectivity index is 1.36. The maximum atomic E-state index is 5.69. The fourth-order valence-electron chi connectivity index (χ4n) is 5.98. The van der Waals surface area contributed by atoms with E-state index in [2.05, 4.69) is 88.2 Å². The Morgan fingerprint density at radius 3 is 2.68 bits per heavy atom. The molecule has 4 aromatic rings. The summed E-state index contributed by atoms with van der Waals surface area (Å²) in [6.07, 6.45) is 7.57. The van der Waals surface area contributed by atoms with Crippen molar-refractivity contribution < 1.29 is 4.74 Å². The molecule has 2 aliphatic heterocycles. The molecule has 0 bridgehead atoms. The van der Waals surface area contributed by atoms with Gasteiger partial charge >= 0.3 is 0 Å². The molecule has 0 aliphatic carbocycles. The molecule has 0 saturated carbocycles. The molecule has 1 aromatic carbocycles. The first-order chi connectivity index (χ1) is 18.0. The standard InChI is InChI=1S/C29H37N7O/c1-19-28(23-15-30-36(17-23)24-7-10-35(4)11-8-24)26-14-27(32-33-29(26)31-19)20-5-6-25(21-9-12-37-18-21)22(13-20)16-34(2)3/h5-6,13-15,17,21,24H,7-12,16,18H2,1-4H3,(H,31,33). The molecule has 5 heterocycles. The van der Waals surface area contributed by atoms with E-state index in [0.717, 1.165) is 85.7 Å². The van der Waals surface area contributed by atoms with Gasteiger partial charge in [-0.05, 0) is 83.7 Å². The maximum Gasteiger partial charge on any atom is 0.160 e. The van der Waals surface area contributed by atoms with Crippen LogP contribution in [0.2, 0.25) is 0 Å². The third-order valence-corrected chi connectivity index (χ3v) is 7.99. The van der Waals surface area contributed by atoms with Gasteiger partial charge < -0.3 is 19.5 Å². The van der Waals surface area contributed by atoms with E-state index in [9.17, 15) is 0 Å². The number of nitrogens with zero attached hydrogens (tertiary/aromatic N) is 6. The van der Waals surface area contributed by atoms with Crippen molar-refractivity contribution in [1.82, 2.24) is 34.8 Å². The summed E-state index contributed by atoms with van der Waals surface area (Å²) in [4.78, 5) is 8.06. The van der Waals surface area contributed by atoms with Crippen molar-refractivity contribution in [3.05, 3.63) is 53.5 Å². The molecule has 37 heavy (non-hydrogen) atoms. The SMILES string of the molecule is Cc1[nH]c2nnc(-c3ccc(C4CCOC4)c(CN(C)C)c3)cc2c1-c1cnn(C2CCN(C)CC2)c1. The van der Waals surface area contributed by atoms with Crippen LogP contribution in [0.3, 0.4) is 0 Å². The van der Waals surface area contributed by atoms with Gasteiger partial charge in [0.2, 0.25) is 0 Å². The zero-order valence-corrected chi connectivity index (χ0v) is 22.4. The molecule has 8 heteroatoms. The van der Waals surface area contributed by atoms with Crippen molar-refractivity contribution in [2.75, 3.05) is 47.4 Å². The summed E-state index contributed by atoms with van der Waals surface area (Å²) < 4.78 is 7.85. The summed E-state index contributed by atoms with van der Waals surface area (Å²) in [6.45, 7) is 6.89. The van der Waals surface area contributed by atoms with E-state index >= 15 is 0 Å². The number of aromatic nitrogens is 5. The Bertz CT molecular complexity index is 1390. The lowest BCUT2D eigenvalue weighted by Crippen LogP contribution is -2.31. The first-order valence-corrected chi connectivity index (χ1v) is 13.4. The van der Waals surface area contributed by atoms with Crippen LogP contribution >= 0.6 is 0 Å². The molecule has 2 fully saturated rings. The van der Waals surface area contributed by atoms with Crippen LogP contribution in [0.1, 0.15) is 48.0 Å². The van der Waals surface area contributed by atoms with E-state index in [4.69, 9.17) is 9.84 Å². The normalized spacial score (nSPS) is 19.4. The van der Waals surface area contributed by atoms with Crippen LogP contribution in [0.25, 0.3) is 33.4 Å². The lowest BCUT2D eigenvalue weighted by Gasteiger charge is -2.28. The highest BCUT2D eigenvalue weighted by Gasteiger charge is 2.23. The number of aromatic amines is 1. The van der Waals surface area contributed by atoms with E-state index < -0.39 is 0 Å². The van der Waals surface area contributed by atoms with Crippen molar-refractivity contribution in [3.8, 4) is 22.4 Å². The van der Waals surface area contributed by atoms with Crippen LogP contribution in [-0.2, 0) is 11.3 Å². The van der Waals surface area contributed by atoms with Crippen molar-refractivity contribution in [1.29, 1.82) is 0 Å². The molecule has 1 atom stereocenters. The highest BCUT2D eigenvalue weighted by atomic mass is 16.5. The lowest BCUT2D eigenvalue weighted by molar-refractivity contribution is 0.193. The van der Waals surface area contributed by atoms with E-state index in [1.54, 1.807) is 0 Å². The lowest BCUT2D eigenvalue weighted by atomic mass is 9.91. The number of rotatable bonds is 6. The predicted molar refractivity (Wildman–Crippen MR) is 147 cm³/mol. The predicted octanol–water partition coefficient (Wildman–Crippen LogP) is 4.63. The average molecular weight is 500 g/mol. The minimum atomic E-state index is 0.463. The number of benzene rings is 1. The number of ether oxygens (including phenoxy) is 1. The van der Waals surface area contributed by atoms with Crippen LogP contribution in [0.5, 0.6) is 0 Å². The van der Waals surface area contributed by atoms with Crippen LogP contribution in [0.4, 0.5) is 0 Å².